The molecular weight excluding hydrogens is 298 g/mol. The fourth-order valence-corrected chi connectivity index (χ4v) is 2.43. The molecule has 0 aliphatic carbocycles. The number of amides is 1. The van der Waals surface area contributed by atoms with Crippen molar-refractivity contribution in [2.45, 2.75) is 13.0 Å². The molecule has 98 valence electrons. The second-order valence-corrected chi connectivity index (χ2v) is 5.16. The fraction of sp³-hybridized carbons (Fsp3) is 0.462. The summed E-state index contributed by atoms with van der Waals surface area (Å²) in [5, 5.41) is 9.09. The summed E-state index contributed by atoms with van der Waals surface area (Å²) in [4.78, 5) is 14.1. The van der Waals surface area contributed by atoms with Gasteiger partial charge in [-0.25, -0.2) is 0 Å². The van der Waals surface area contributed by atoms with E-state index in [2.05, 4.69) is 15.9 Å². The molecule has 0 bridgehead atoms. The Morgan fingerprint density at radius 3 is 3.11 bits per heavy atom. The third kappa shape index (κ3) is 2.74. The van der Waals surface area contributed by atoms with Crippen LogP contribution in [-0.2, 0) is 4.74 Å². The normalized spacial score (nSPS) is 19.9. The monoisotopic (exact) mass is 313 g/mol. The molecule has 0 saturated carbocycles. The van der Waals surface area contributed by atoms with Gasteiger partial charge in [-0.3, -0.25) is 4.79 Å². The number of morpholine rings is 1. The van der Waals surface area contributed by atoms with Crippen molar-refractivity contribution < 1.29 is 14.6 Å². The summed E-state index contributed by atoms with van der Waals surface area (Å²) in [6.07, 6.45) is -0.272. The summed E-state index contributed by atoms with van der Waals surface area (Å²) in [6.45, 7) is 3.38. The van der Waals surface area contributed by atoms with Gasteiger partial charge < -0.3 is 14.7 Å². The standard InChI is InChI=1S/C13H16BrNO3/c1-9-3-2-4-11(12(9)14)13(17)15-5-6-18-10(7-15)8-16/h2-4,10,16H,5-8H2,1H3. The molecule has 2 rings (SSSR count). The molecule has 1 amide bonds. The minimum absolute atomic E-state index is 0.0210. The average Bonchev–Trinajstić information content (AvgIpc) is 2.41. The third-order valence-electron chi connectivity index (χ3n) is 3.05. The zero-order valence-electron chi connectivity index (χ0n) is 10.2. The molecule has 1 saturated heterocycles. The summed E-state index contributed by atoms with van der Waals surface area (Å²) in [5.74, 6) is -0.0210. The second-order valence-electron chi connectivity index (χ2n) is 4.36. The lowest BCUT2D eigenvalue weighted by atomic mass is 10.1. The van der Waals surface area contributed by atoms with Crippen LogP contribution in [-0.4, -0.2) is 48.3 Å². The Kier molecular flexibility index (Phi) is 4.37. The Hall–Kier alpha value is -0.910. The first-order chi connectivity index (χ1) is 8.63. The first-order valence-corrected chi connectivity index (χ1v) is 6.69. The first kappa shape index (κ1) is 13.5. The maximum Gasteiger partial charge on any atom is 0.255 e. The van der Waals surface area contributed by atoms with Crippen LogP contribution >= 0.6 is 15.9 Å². The quantitative estimate of drug-likeness (QED) is 0.902. The molecule has 1 aliphatic heterocycles. The lowest BCUT2D eigenvalue weighted by Crippen LogP contribution is -2.47. The average molecular weight is 314 g/mol. The molecule has 1 N–H and O–H groups in total. The van der Waals surface area contributed by atoms with Crippen LogP contribution in [0.5, 0.6) is 0 Å². The van der Waals surface area contributed by atoms with Crippen LogP contribution in [0.25, 0.3) is 0 Å². The van der Waals surface area contributed by atoms with Crippen molar-refractivity contribution in [3.63, 3.8) is 0 Å². The van der Waals surface area contributed by atoms with Crippen LogP contribution in [0.15, 0.2) is 22.7 Å². The van der Waals surface area contributed by atoms with Crippen molar-refractivity contribution >= 4 is 21.8 Å². The number of hydrogen-bond acceptors (Lipinski definition) is 3. The van der Waals surface area contributed by atoms with E-state index < -0.39 is 0 Å². The minimum Gasteiger partial charge on any atom is -0.394 e. The van der Waals surface area contributed by atoms with E-state index >= 15 is 0 Å². The lowest BCUT2D eigenvalue weighted by molar-refractivity contribution is -0.0447. The summed E-state index contributed by atoms with van der Waals surface area (Å²) in [7, 11) is 0. The number of aliphatic hydroxyl groups is 1. The predicted molar refractivity (Wildman–Crippen MR) is 71.6 cm³/mol. The van der Waals surface area contributed by atoms with Crippen molar-refractivity contribution in [3.05, 3.63) is 33.8 Å². The van der Waals surface area contributed by atoms with E-state index in [-0.39, 0.29) is 18.6 Å². The highest BCUT2D eigenvalue weighted by Crippen LogP contribution is 2.23. The van der Waals surface area contributed by atoms with Crippen LogP contribution in [0, 0.1) is 6.92 Å². The third-order valence-corrected chi connectivity index (χ3v) is 4.10. The molecule has 1 aromatic carbocycles. The van der Waals surface area contributed by atoms with Gasteiger partial charge in [0.2, 0.25) is 0 Å². The number of nitrogens with zero attached hydrogens (tertiary/aromatic N) is 1. The van der Waals surface area contributed by atoms with E-state index in [1.165, 1.54) is 0 Å². The maximum absolute atomic E-state index is 12.4. The van der Waals surface area contributed by atoms with E-state index in [0.29, 0.717) is 25.3 Å². The van der Waals surface area contributed by atoms with Gasteiger partial charge in [0.05, 0.1) is 24.9 Å². The molecule has 1 heterocycles. The number of rotatable bonds is 2. The van der Waals surface area contributed by atoms with Gasteiger partial charge in [0.1, 0.15) is 0 Å². The number of aryl methyl sites for hydroxylation is 1. The lowest BCUT2D eigenvalue weighted by Gasteiger charge is -2.32. The molecule has 0 spiro atoms. The smallest absolute Gasteiger partial charge is 0.255 e. The Balaban J connectivity index is 2.18. The van der Waals surface area contributed by atoms with E-state index in [1.54, 1.807) is 4.90 Å². The Labute approximate surface area is 115 Å². The number of benzene rings is 1. The molecule has 1 aromatic rings. The van der Waals surface area contributed by atoms with E-state index in [1.807, 2.05) is 25.1 Å². The summed E-state index contributed by atoms with van der Waals surface area (Å²) >= 11 is 3.45. The molecule has 1 atom stereocenters. The minimum atomic E-state index is -0.272. The van der Waals surface area contributed by atoms with Gasteiger partial charge in [-0.05, 0) is 34.5 Å². The van der Waals surface area contributed by atoms with Gasteiger partial charge in [0, 0.05) is 17.6 Å². The molecule has 4 nitrogen and oxygen atoms in total. The van der Waals surface area contributed by atoms with Gasteiger partial charge in [0.15, 0.2) is 0 Å². The van der Waals surface area contributed by atoms with Gasteiger partial charge in [-0.2, -0.15) is 0 Å². The van der Waals surface area contributed by atoms with Crippen molar-refractivity contribution in [1.29, 1.82) is 0 Å². The highest BCUT2D eigenvalue weighted by atomic mass is 79.9. The van der Waals surface area contributed by atoms with Crippen molar-refractivity contribution in [2.75, 3.05) is 26.3 Å². The van der Waals surface area contributed by atoms with Crippen molar-refractivity contribution in [2.24, 2.45) is 0 Å². The molecule has 1 fully saturated rings. The summed E-state index contributed by atoms with van der Waals surface area (Å²) in [5.41, 5.74) is 1.70. The number of carbonyl (C=O) groups is 1. The van der Waals surface area contributed by atoms with Crippen molar-refractivity contribution in [1.82, 2.24) is 4.90 Å². The Morgan fingerprint density at radius 1 is 1.61 bits per heavy atom. The fourth-order valence-electron chi connectivity index (χ4n) is 2.00. The van der Waals surface area contributed by atoms with E-state index in [4.69, 9.17) is 9.84 Å². The van der Waals surface area contributed by atoms with Crippen LogP contribution in [0.1, 0.15) is 15.9 Å². The largest absolute Gasteiger partial charge is 0.394 e. The topological polar surface area (TPSA) is 49.8 Å². The molecular formula is C13H16BrNO3. The van der Waals surface area contributed by atoms with E-state index in [0.717, 1.165) is 10.0 Å². The van der Waals surface area contributed by atoms with Gasteiger partial charge in [-0.1, -0.05) is 12.1 Å². The van der Waals surface area contributed by atoms with Crippen molar-refractivity contribution in [3.8, 4) is 0 Å². The Morgan fingerprint density at radius 2 is 2.39 bits per heavy atom. The van der Waals surface area contributed by atoms with Crippen LogP contribution in [0.3, 0.4) is 0 Å². The highest BCUT2D eigenvalue weighted by molar-refractivity contribution is 9.10. The highest BCUT2D eigenvalue weighted by Gasteiger charge is 2.25. The zero-order valence-corrected chi connectivity index (χ0v) is 11.8. The molecule has 0 aromatic heterocycles. The van der Waals surface area contributed by atoms with Gasteiger partial charge >= 0.3 is 0 Å². The molecule has 0 radical (unpaired) electrons. The molecule has 1 aliphatic rings. The number of ether oxygens (including phenoxy) is 1. The number of aliphatic hydroxyl groups excluding tert-OH is 1. The summed E-state index contributed by atoms with van der Waals surface area (Å²) < 4.78 is 6.18. The van der Waals surface area contributed by atoms with E-state index in [9.17, 15) is 4.79 Å². The first-order valence-electron chi connectivity index (χ1n) is 5.90. The number of carbonyl (C=O) groups excluding carboxylic acids is 1. The molecule has 5 heteroatoms. The molecule has 18 heavy (non-hydrogen) atoms. The second kappa shape index (κ2) is 5.82. The number of hydrogen-bond donors (Lipinski definition) is 1. The zero-order chi connectivity index (χ0) is 13.1. The molecule has 1 unspecified atom stereocenters. The predicted octanol–water partition coefficient (Wildman–Crippen LogP) is 1.59. The Bertz CT molecular complexity index is 450. The maximum atomic E-state index is 12.4. The van der Waals surface area contributed by atoms with Crippen LogP contribution in [0.4, 0.5) is 0 Å². The van der Waals surface area contributed by atoms with Gasteiger partial charge in [0.25, 0.3) is 5.91 Å². The van der Waals surface area contributed by atoms with Crippen LogP contribution < -0.4 is 0 Å². The number of halogens is 1. The summed E-state index contributed by atoms with van der Waals surface area (Å²) in [6, 6.07) is 5.64. The SMILES string of the molecule is Cc1cccc(C(=O)N2CCOC(CO)C2)c1Br. The van der Waals surface area contributed by atoms with Crippen LogP contribution in [0.2, 0.25) is 0 Å². The van der Waals surface area contributed by atoms with Gasteiger partial charge in [-0.15, -0.1) is 0 Å².